The molecule has 1 fully saturated rings. The molecule has 1 aromatic rings. The van der Waals surface area contributed by atoms with Gasteiger partial charge < -0.3 is 15.2 Å². The first-order chi connectivity index (χ1) is 11.1. The van der Waals surface area contributed by atoms with E-state index in [1.165, 1.54) is 12.1 Å². The molecule has 132 valence electrons. The number of carbonyl (C=O) groups is 2. The molecule has 0 bridgehead atoms. The second-order valence-electron chi connectivity index (χ2n) is 6.96. The Morgan fingerprint density at radius 1 is 1.33 bits per heavy atom. The van der Waals surface area contributed by atoms with Gasteiger partial charge >= 0.3 is 5.97 Å². The van der Waals surface area contributed by atoms with Gasteiger partial charge in [0.2, 0.25) is 0 Å². The molecule has 0 spiro atoms. The van der Waals surface area contributed by atoms with Gasteiger partial charge in [0.15, 0.2) is 0 Å². The molecule has 1 aliphatic rings. The minimum absolute atomic E-state index is 0.202. The Hall–Kier alpha value is -1.95. The number of carboxylic acid groups (broad SMARTS) is 1. The van der Waals surface area contributed by atoms with Crippen LogP contribution in [0.4, 0.5) is 4.39 Å². The second-order valence-corrected chi connectivity index (χ2v) is 6.96. The van der Waals surface area contributed by atoms with E-state index < -0.39 is 22.8 Å². The Morgan fingerprint density at radius 2 is 1.88 bits per heavy atom. The number of rotatable bonds is 5. The quantitative estimate of drug-likeness (QED) is 0.866. The van der Waals surface area contributed by atoms with E-state index in [0.29, 0.717) is 17.7 Å². The van der Waals surface area contributed by atoms with Crippen molar-refractivity contribution in [2.45, 2.75) is 52.7 Å². The van der Waals surface area contributed by atoms with Gasteiger partial charge in [-0.05, 0) is 44.0 Å². The van der Waals surface area contributed by atoms with E-state index in [4.69, 9.17) is 4.74 Å². The van der Waals surface area contributed by atoms with Gasteiger partial charge in [-0.1, -0.05) is 13.8 Å². The summed E-state index contributed by atoms with van der Waals surface area (Å²) in [6, 6.07) is 2.86. The number of benzene rings is 1. The van der Waals surface area contributed by atoms with Crippen molar-refractivity contribution >= 4 is 11.9 Å². The summed E-state index contributed by atoms with van der Waals surface area (Å²) in [5.41, 5.74) is -1.20. The van der Waals surface area contributed by atoms with Gasteiger partial charge in [0.05, 0.1) is 6.10 Å². The number of halogens is 1. The molecule has 0 aromatic heterocycles. The van der Waals surface area contributed by atoms with Gasteiger partial charge in [0, 0.05) is 24.0 Å². The van der Waals surface area contributed by atoms with Crippen LogP contribution in [-0.2, 0) is 9.53 Å². The Morgan fingerprint density at radius 3 is 2.29 bits per heavy atom. The summed E-state index contributed by atoms with van der Waals surface area (Å²) >= 11 is 0. The predicted molar refractivity (Wildman–Crippen MR) is 87.5 cm³/mol. The lowest BCUT2D eigenvalue weighted by atomic mass is 9.54. The highest BCUT2D eigenvalue weighted by molar-refractivity contribution is 5.99. The van der Waals surface area contributed by atoms with E-state index in [0.717, 1.165) is 0 Å². The van der Waals surface area contributed by atoms with E-state index in [-0.39, 0.29) is 23.9 Å². The Balaban J connectivity index is 2.30. The highest BCUT2D eigenvalue weighted by atomic mass is 19.1. The maximum absolute atomic E-state index is 13.7. The maximum atomic E-state index is 13.7. The summed E-state index contributed by atoms with van der Waals surface area (Å²) in [5, 5.41) is 12.4. The molecule has 2 unspecified atom stereocenters. The molecule has 0 radical (unpaired) electrons. The third-order valence-electron chi connectivity index (χ3n) is 5.15. The van der Waals surface area contributed by atoms with Crippen molar-refractivity contribution in [3.8, 4) is 0 Å². The number of aliphatic carboxylic acids is 1. The first-order valence-corrected chi connectivity index (χ1v) is 8.01. The molecular formula is C18H24FNO4. The number of carbonyl (C=O) groups excluding carboxylic acids is 1. The average Bonchev–Trinajstić information content (AvgIpc) is 2.50. The average molecular weight is 337 g/mol. The molecule has 0 aliphatic heterocycles. The molecule has 2 N–H and O–H groups in total. The van der Waals surface area contributed by atoms with Crippen molar-refractivity contribution in [3.05, 3.63) is 34.6 Å². The first kappa shape index (κ1) is 18.4. The van der Waals surface area contributed by atoms with E-state index in [9.17, 15) is 19.1 Å². The molecule has 2 atom stereocenters. The topological polar surface area (TPSA) is 75.6 Å². The lowest BCUT2D eigenvalue weighted by molar-refractivity contribution is -0.190. The van der Waals surface area contributed by atoms with Crippen LogP contribution in [0.3, 0.4) is 0 Å². The van der Waals surface area contributed by atoms with Gasteiger partial charge in [-0.2, -0.15) is 0 Å². The summed E-state index contributed by atoms with van der Waals surface area (Å²) in [5.74, 6) is -1.97. The summed E-state index contributed by atoms with van der Waals surface area (Å²) in [6.07, 6.45) is -0.0377. The fourth-order valence-electron chi connectivity index (χ4n) is 3.38. The minimum Gasteiger partial charge on any atom is -0.479 e. The zero-order chi connectivity index (χ0) is 18.3. The van der Waals surface area contributed by atoms with Gasteiger partial charge in [-0.15, -0.1) is 0 Å². The largest absolute Gasteiger partial charge is 0.479 e. The highest BCUT2D eigenvalue weighted by Gasteiger charge is 2.66. The number of hydrogen-bond donors (Lipinski definition) is 2. The van der Waals surface area contributed by atoms with E-state index in [1.807, 2.05) is 6.92 Å². The zero-order valence-electron chi connectivity index (χ0n) is 14.7. The van der Waals surface area contributed by atoms with Crippen molar-refractivity contribution in [1.29, 1.82) is 0 Å². The van der Waals surface area contributed by atoms with Crippen LogP contribution in [0.25, 0.3) is 0 Å². The fourth-order valence-corrected chi connectivity index (χ4v) is 3.38. The molecule has 6 heteroatoms. The number of hydrogen-bond acceptors (Lipinski definition) is 3. The maximum Gasteiger partial charge on any atom is 0.330 e. The molecular weight excluding hydrogens is 313 g/mol. The first-order valence-electron chi connectivity index (χ1n) is 8.01. The summed E-state index contributed by atoms with van der Waals surface area (Å²) in [6.45, 7) is 9.02. The van der Waals surface area contributed by atoms with Crippen LogP contribution < -0.4 is 5.32 Å². The zero-order valence-corrected chi connectivity index (χ0v) is 14.7. The number of carboxylic acids is 1. The van der Waals surface area contributed by atoms with E-state index in [2.05, 4.69) is 5.32 Å². The van der Waals surface area contributed by atoms with Crippen LogP contribution in [0.2, 0.25) is 0 Å². The third kappa shape index (κ3) is 2.69. The SMILES string of the molecule is CCOC1CC(NC(=O)c2cc(C)c(F)c(C)c2)(C(=O)O)C1(C)C. The van der Waals surface area contributed by atoms with Crippen LogP contribution in [0, 0.1) is 25.1 Å². The lowest BCUT2D eigenvalue weighted by Gasteiger charge is -2.58. The smallest absolute Gasteiger partial charge is 0.330 e. The van der Waals surface area contributed by atoms with Crippen LogP contribution >= 0.6 is 0 Å². The molecule has 1 amide bonds. The van der Waals surface area contributed by atoms with Gasteiger partial charge in [0.1, 0.15) is 11.4 Å². The van der Waals surface area contributed by atoms with E-state index in [1.54, 1.807) is 27.7 Å². The molecule has 1 aromatic carbocycles. The van der Waals surface area contributed by atoms with Crippen LogP contribution in [0.1, 0.15) is 48.7 Å². The summed E-state index contributed by atoms with van der Waals surface area (Å²) in [7, 11) is 0. The van der Waals surface area contributed by atoms with Gasteiger partial charge in [0.25, 0.3) is 5.91 Å². The Labute approximate surface area is 141 Å². The summed E-state index contributed by atoms with van der Waals surface area (Å²) in [4.78, 5) is 24.5. The second kappa shape index (κ2) is 6.16. The van der Waals surface area contributed by atoms with E-state index >= 15 is 0 Å². The summed E-state index contributed by atoms with van der Waals surface area (Å²) < 4.78 is 19.3. The number of aryl methyl sites for hydroxylation is 2. The Bertz CT molecular complexity index is 663. The molecule has 0 heterocycles. The molecule has 24 heavy (non-hydrogen) atoms. The van der Waals surface area contributed by atoms with Gasteiger partial charge in [-0.3, -0.25) is 4.79 Å². The lowest BCUT2D eigenvalue weighted by Crippen LogP contribution is -2.76. The number of amides is 1. The van der Waals surface area contributed by atoms with Crippen molar-refractivity contribution in [1.82, 2.24) is 5.32 Å². The molecule has 5 nitrogen and oxygen atoms in total. The minimum atomic E-state index is -1.40. The van der Waals surface area contributed by atoms with Crippen LogP contribution in [0.15, 0.2) is 12.1 Å². The van der Waals surface area contributed by atoms with Crippen molar-refractivity contribution in [2.75, 3.05) is 6.61 Å². The number of ether oxygens (including phenoxy) is 1. The molecule has 0 saturated heterocycles. The van der Waals surface area contributed by atoms with Crippen molar-refractivity contribution in [2.24, 2.45) is 5.41 Å². The standard InChI is InChI=1S/C18H24FNO4/c1-6-24-13-9-18(16(22)23,17(13,4)5)20-15(21)12-7-10(2)14(19)11(3)8-12/h7-8,13H,6,9H2,1-5H3,(H,20,21)(H,22,23). The number of nitrogens with one attached hydrogen (secondary N) is 1. The van der Waals surface area contributed by atoms with Crippen molar-refractivity contribution in [3.63, 3.8) is 0 Å². The van der Waals surface area contributed by atoms with Crippen molar-refractivity contribution < 1.29 is 23.8 Å². The molecule has 1 aliphatic carbocycles. The molecule has 1 saturated carbocycles. The van der Waals surface area contributed by atoms with Crippen LogP contribution in [-0.4, -0.2) is 35.2 Å². The Kier molecular flexibility index (Phi) is 4.72. The normalized spacial score (nSPS) is 25.0. The predicted octanol–water partition coefficient (Wildman–Crippen LogP) is 2.83. The van der Waals surface area contributed by atoms with Crippen LogP contribution in [0.5, 0.6) is 0 Å². The molecule has 2 rings (SSSR count). The van der Waals surface area contributed by atoms with Gasteiger partial charge in [-0.25, -0.2) is 9.18 Å². The monoisotopic (exact) mass is 337 g/mol. The fraction of sp³-hybridized carbons (Fsp3) is 0.556. The third-order valence-corrected chi connectivity index (χ3v) is 5.15. The highest BCUT2D eigenvalue weighted by Crippen LogP contribution is 2.51.